The highest BCUT2D eigenvalue weighted by Gasteiger charge is 2.27. The summed E-state index contributed by atoms with van der Waals surface area (Å²) in [5, 5.41) is 19.2. The number of aromatic carboxylic acids is 2. The first-order chi connectivity index (χ1) is 26.3. The van der Waals surface area contributed by atoms with Crippen molar-refractivity contribution in [3.05, 3.63) is 34.4 Å². The van der Waals surface area contributed by atoms with Gasteiger partial charge in [0, 0.05) is 0 Å². The maximum Gasteiger partial charge on any atom is 0.339 e. The first-order valence-electron chi connectivity index (χ1n) is 22.3. The summed E-state index contributed by atoms with van der Waals surface area (Å²) in [7, 11) is 0. The van der Waals surface area contributed by atoms with Gasteiger partial charge in [-0.1, -0.05) is 206 Å². The number of carbonyl (C=O) groups is 4. The van der Waals surface area contributed by atoms with Gasteiger partial charge in [-0.25, -0.2) is 19.2 Å². The van der Waals surface area contributed by atoms with Crippen LogP contribution in [0.4, 0.5) is 0 Å². The van der Waals surface area contributed by atoms with Gasteiger partial charge < -0.3 is 19.7 Å². The van der Waals surface area contributed by atoms with E-state index in [1.54, 1.807) is 0 Å². The van der Waals surface area contributed by atoms with Crippen LogP contribution in [0.25, 0.3) is 0 Å². The predicted molar refractivity (Wildman–Crippen MR) is 220 cm³/mol. The average molecular weight is 759 g/mol. The first kappa shape index (κ1) is 49.1. The van der Waals surface area contributed by atoms with Gasteiger partial charge in [-0.15, -0.1) is 0 Å². The van der Waals surface area contributed by atoms with Crippen LogP contribution in [-0.4, -0.2) is 47.3 Å². The second kappa shape index (κ2) is 34.6. The zero-order valence-electron chi connectivity index (χ0n) is 34.5. The maximum atomic E-state index is 13.0. The quantitative estimate of drug-likeness (QED) is 0.0504. The van der Waals surface area contributed by atoms with Gasteiger partial charge in [0.2, 0.25) is 0 Å². The highest BCUT2D eigenvalue weighted by Crippen LogP contribution is 2.22. The Balaban J connectivity index is 2.33. The third-order valence-corrected chi connectivity index (χ3v) is 10.5. The molecule has 0 saturated heterocycles. The number of unbranched alkanes of at least 4 members (excludes halogenated alkanes) is 30. The number of hydrogen-bond donors (Lipinski definition) is 2. The Morgan fingerprint density at radius 3 is 0.759 bits per heavy atom. The maximum absolute atomic E-state index is 13.0. The Bertz CT molecular complexity index is 1040. The van der Waals surface area contributed by atoms with E-state index < -0.39 is 35.0 Å². The van der Waals surface area contributed by atoms with E-state index in [9.17, 15) is 29.4 Å². The zero-order chi connectivity index (χ0) is 39.5. The summed E-state index contributed by atoms with van der Waals surface area (Å²) >= 11 is 0. The number of carboxylic acid groups (broad SMARTS) is 2. The molecule has 0 aliphatic carbocycles. The fourth-order valence-electron chi connectivity index (χ4n) is 7.08. The topological polar surface area (TPSA) is 127 Å². The molecule has 8 nitrogen and oxygen atoms in total. The lowest BCUT2D eigenvalue weighted by molar-refractivity contribution is 0.0449. The van der Waals surface area contributed by atoms with Crippen LogP contribution in [0.2, 0.25) is 0 Å². The molecule has 0 radical (unpaired) electrons. The minimum atomic E-state index is -1.51. The van der Waals surface area contributed by atoms with E-state index in [4.69, 9.17) is 9.47 Å². The number of benzene rings is 1. The second-order valence-corrected chi connectivity index (χ2v) is 15.4. The van der Waals surface area contributed by atoms with Crippen molar-refractivity contribution >= 4 is 23.9 Å². The van der Waals surface area contributed by atoms with E-state index in [0.717, 1.165) is 50.7 Å². The fraction of sp³-hybridized carbons (Fsp3) is 0.783. The Morgan fingerprint density at radius 1 is 0.352 bits per heavy atom. The molecule has 0 aliphatic rings. The number of ether oxygens (including phenoxy) is 2. The molecule has 1 aromatic carbocycles. The van der Waals surface area contributed by atoms with Gasteiger partial charge in [-0.05, 0) is 25.0 Å². The van der Waals surface area contributed by atoms with Gasteiger partial charge in [-0.2, -0.15) is 0 Å². The number of carbonyl (C=O) groups excluding carboxylic acids is 2. The fourth-order valence-corrected chi connectivity index (χ4v) is 7.08. The molecule has 2 N–H and O–H groups in total. The third kappa shape index (κ3) is 25.2. The molecule has 0 atom stereocenters. The minimum absolute atomic E-state index is 0.133. The Morgan fingerprint density at radius 2 is 0.556 bits per heavy atom. The molecule has 1 rings (SSSR count). The highest BCUT2D eigenvalue weighted by molar-refractivity contribution is 6.09. The molecule has 0 spiro atoms. The van der Waals surface area contributed by atoms with Crippen molar-refractivity contribution < 1.29 is 38.9 Å². The lowest BCUT2D eigenvalue weighted by Crippen LogP contribution is -2.19. The molecule has 54 heavy (non-hydrogen) atoms. The summed E-state index contributed by atoms with van der Waals surface area (Å²) < 4.78 is 10.8. The molecule has 0 amide bonds. The van der Waals surface area contributed by atoms with Gasteiger partial charge in [0.25, 0.3) is 0 Å². The molecule has 310 valence electrons. The molecular weight excluding hydrogens is 680 g/mol. The Labute approximate surface area is 328 Å². The van der Waals surface area contributed by atoms with Crippen LogP contribution in [0.3, 0.4) is 0 Å². The van der Waals surface area contributed by atoms with Crippen LogP contribution < -0.4 is 0 Å². The van der Waals surface area contributed by atoms with Crippen molar-refractivity contribution in [3.63, 3.8) is 0 Å². The van der Waals surface area contributed by atoms with Crippen LogP contribution in [0.5, 0.6) is 0 Å². The van der Waals surface area contributed by atoms with Gasteiger partial charge in [0.1, 0.15) is 0 Å². The Kier molecular flexibility index (Phi) is 31.5. The van der Waals surface area contributed by atoms with E-state index in [2.05, 4.69) is 13.8 Å². The molecule has 0 heterocycles. The normalized spacial score (nSPS) is 11.1. The molecule has 0 saturated carbocycles. The zero-order valence-corrected chi connectivity index (χ0v) is 34.5. The van der Waals surface area contributed by atoms with E-state index in [0.29, 0.717) is 12.8 Å². The van der Waals surface area contributed by atoms with Crippen molar-refractivity contribution in [1.29, 1.82) is 0 Å². The molecule has 0 fully saturated rings. The summed E-state index contributed by atoms with van der Waals surface area (Å²) in [6.45, 7) is 4.78. The molecule has 0 aromatic heterocycles. The molecule has 8 heteroatoms. The van der Waals surface area contributed by atoms with E-state index in [1.165, 1.54) is 154 Å². The molecule has 0 bridgehead atoms. The summed E-state index contributed by atoms with van der Waals surface area (Å²) in [4.78, 5) is 49.7. The smallest absolute Gasteiger partial charge is 0.339 e. The van der Waals surface area contributed by atoms with Gasteiger partial charge >= 0.3 is 23.9 Å². The van der Waals surface area contributed by atoms with E-state index >= 15 is 0 Å². The first-order valence-corrected chi connectivity index (χ1v) is 22.3. The number of hydrogen-bond acceptors (Lipinski definition) is 6. The Hall–Kier alpha value is -2.90. The van der Waals surface area contributed by atoms with Crippen LogP contribution in [-0.2, 0) is 9.47 Å². The van der Waals surface area contributed by atoms with Crippen molar-refractivity contribution in [2.45, 2.75) is 219 Å². The largest absolute Gasteiger partial charge is 0.478 e. The summed E-state index contributed by atoms with van der Waals surface area (Å²) in [5.41, 5.74) is -1.73. The predicted octanol–water partition coefficient (Wildman–Crippen LogP) is 13.9. The lowest BCUT2D eigenvalue weighted by atomic mass is 9.98. The van der Waals surface area contributed by atoms with Crippen molar-refractivity contribution in [2.75, 3.05) is 13.2 Å². The average Bonchev–Trinajstić information content (AvgIpc) is 3.16. The molecule has 0 aliphatic heterocycles. The molecular formula is C46H78O8. The van der Waals surface area contributed by atoms with Gasteiger partial charge in [-0.3, -0.25) is 0 Å². The third-order valence-electron chi connectivity index (χ3n) is 10.5. The van der Waals surface area contributed by atoms with Crippen LogP contribution in [0.15, 0.2) is 12.1 Å². The number of rotatable bonds is 38. The monoisotopic (exact) mass is 759 g/mol. The molecule has 1 aromatic rings. The SMILES string of the molecule is CCCCCCCCCCCCCCCCCCOC(=O)c1cc(C(=O)O)c(C(=O)O)cc1C(=O)OCCCCCCCCCCCCCCCCCC. The highest BCUT2D eigenvalue weighted by atomic mass is 16.5. The summed E-state index contributed by atoms with van der Waals surface area (Å²) in [5.74, 6) is -4.73. The minimum Gasteiger partial charge on any atom is -0.478 e. The van der Waals surface area contributed by atoms with Crippen LogP contribution in [0, 0.1) is 0 Å². The number of esters is 2. The van der Waals surface area contributed by atoms with Crippen molar-refractivity contribution in [3.8, 4) is 0 Å². The van der Waals surface area contributed by atoms with Crippen molar-refractivity contribution in [1.82, 2.24) is 0 Å². The second-order valence-electron chi connectivity index (χ2n) is 15.4. The molecule has 0 unspecified atom stereocenters. The van der Waals surface area contributed by atoms with Gasteiger partial charge in [0.05, 0.1) is 35.5 Å². The summed E-state index contributed by atoms with van der Waals surface area (Å²) in [6, 6.07) is 1.85. The van der Waals surface area contributed by atoms with E-state index in [-0.39, 0.29) is 24.3 Å². The summed E-state index contributed by atoms with van der Waals surface area (Å²) in [6.07, 6.45) is 39.3. The standard InChI is InChI=1S/C46H78O8/c1-3-5-7-9-11-13-15-17-19-21-23-25-27-29-31-33-35-53-45(51)41-37-39(43(47)48)40(44(49)50)38-42(41)46(52)54-36-34-32-30-28-26-24-22-20-18-16-14-12-10-8-6-4-2/h37-38H,3-36H2,1-2H3,(H,47,48)(H,49,50). The van der Waals surface area contributed by atoms with Crippen LogP contribution in [0.1, 0.15) is 261 Å². The van der Waals surface area contributed by atoms with Crippen molar-refractivity contribution in [2.24, 2.45) is 0 Å². The van der Waals surface area contributed by atoms with Crippen LogP contribution >= 0.6 is 0 Å². The van der Waals surface area contributed by atoms with Gasteiger partial charge in [0.15, 0.2) is 0 Å². The van der Waals surface area contributed by atoms with E-state index in [1.807, 2.05) is 0 Å². The lowest BCUT2D eigenvalue weighted by Gasteiger charge is -2.13. The number of carboxylic acids is 2.